The molecule has 1 aliphatic heterocycles. The van der Waals surface area contributed by atoms with Gasteiger partial charge in [-0.2, -0.15) is 4.31 Å². The zero-order valence-electron chi connectivity index (χ0n) is 11.8. The molecule has 0 saturated carbocycles. The van der Waals surface area contributed by atoms with Gasteiger partial charge in [-0.05, 0) is 39.0 Å². The molecular weight excluding hydrogens is 283 g/mol. The molecule has 1 unspecified atom stereocenters. The zero-order valence-corrected chi connectivity index (χ0v) is 12.6. The Morgan fingerprint density at radius 1 is 1.45 bits per heavy atom. The molecule has 1 aromatic carbocycles. The number of rotatable bonds is 2. The van der Waals surface area contributed by atoms with Crippen molar-refractivity contribution in [3.63, 3.8) is 0 Å². The van der Waals surface area contributed by atoms with E-state index in [-0.39, 0.29) is 29.8 Å². The van der Waals surface area contributed by atoms with Crippen molar-refractivity contribution >= 4 is 15.7 Å². The molecule has 1 aliphatic rings. The van der Waals surface area contributed by atoms with Crippen LogP contribution in [0.15, 0.2) is 23.1 Å². The van der Waals surface area contributed by atoms with Gasteiger partial charge in [0.05, 0.1) is 11.7 Å². The number of nitrogen functional groups attached to an aromatic ring is 1. The number of ether oxygens (including phenoxy) is 1. The van der Waals surface area contributed by atoms with Crippen molar-refractivity contribution in [2.24, 2.45) is 0 Å². The maximum Gasteiger partial charge on any atom is 0.246 e. The second-order valence-corrected chi connectivity index (χ2v) is 7.58. The fourth-order valence-corrected chi connectivity index (χ4v) is 4.20. The average molecular weight is 302 g/mol. The summed E-state index contributed by atoms with van der Waals surface area (Å²) in [7, 11) is -3.92. The standard InChI is InChI=1S/C13H19FN2O3S/c1-9-7-16(8-13(2,3)19-9)20(17,18)12-6-10(15)4-5-11(12)14/h4-6,9H,7-8,15H2,1-3H3. The molecule has 5 nitrogen and oxygen atoms in total. The molecule has 0 aliphatic carbocycles. The number of hydrogen-bond acceptors (Lipinski definition) is 4. The van der Waals surface area contributed by atoms with Crippen LogP contribution in [0.25, 0.3) is 0 Å². The highest BCUT2D eigenvalue weighted by molar-refractivity contribution is 7.89. The number of hydrogen-bond donors (Lipinski definition) is 1. The van der Waals surface area contributed by atoms with Crippen LogP contribution >= 0.6 is 0 Å². The molecule has 7 heteroatoms. The predicted octanol–water partition coefficient (Wildman–Crippen LogP) is 1.60. The summed E-state index contributed by atoms with van der Waals surface area (Å²) in [6.07, 6.45) is -0.252. The predicted molar refractivity (Wildman–Crippen MR) is 74.2 cm³/mol. The molecule has 1 fully saturated rings. The van der Waals surface area contributed by atoms with Gasteiger partial charge in [-0.15, -0.1) is 0 Å². The third-order valence-corrected chi connectivity index (χ3v) is 4.94. The lowest BCUT2D eigenvalue weighted by Gasteiger charge is -2.40. The van der Waals surface area contributed by atoms with Crippen molar-refractivity contribution in [1.29, 1.82) is 0 Å². The van der Waals surface area contributed by atoms with Crippen LogP contribution in [0.3, 0.4) is 0 Å². The smallest absolute Gasteiger partial charge is 0.246 e. The van der Waals surface area contributed by atoms with Crippen LogP contribution in [0.2, 0.25) is 0 Å². The van der Waals surface area contributed by atoms with E-state index < -0.39 is 21.4 Å². The lowest BCUT2D eigenvalue weighted by molar-refractivity contribution is -0.109. The van der Waals surface area contributed by atoms with Crippen LogP contribution in [0.5, 0.6) is 0 Å². The number of sulfonamides is 1. The van der Waals surface area contributed by atoms with Gasteiger partial charge >= 0.3 is 0 Å². The molecule has 2 rings (SSSR count). The topological polar surface area (TPSA) is 72.6 Å². The highest BCUT2D eigenvalue weighted by Gasteiger charge is 2.38. The number of morpholine rings is 1. The maximum absolute atomic E-state index is 13.8. The van der Waals surface area contributed by atoms with Crippen molar-refractivity contribution in [2.45, 2.75) is 37.4 Å². The van der Waals surface area contributed by atoms with E-state index in [1.54, 1.807) is 20.8 Å². The molecule has 0 amide bonds. The zero-order chi connectivity index (χ0) is 15.1. The van der Waals surface area contributed by atoms with Crippen LogP contribution < -0.4 is 5.73 Å². The van der Waals surface area contributed by atoms with E-state index in [0.717, 1.165) is 12.1 Å². The molecule has 0 bridgehead atoms. The molecule has 1 aromatic rings. The van der Waals surface area contributed by atoms with Crippen LogP contribution in [0.1, 0.15) is 20.8 Å². The Hall–Kier alpha value is -1.18. The molecule has 0 aromatic heterocycles. The second kappa shape index (κ2) is 4.98. The van der Waals surface area contributed by atoms with Crippen LogP contribution in [-0.4, -0.2) is 37.5 Å². The Bertz CT molecular complexity index is 616. The number of anilines is 1. The lowest BCUT2D eigenvalue weighted by atomic mass is 10.1. The van der Waals surface area contributed by atoms with Crippen molar-refractivity contribution in [2.75, 3.05) is 18.8 Å². The van der Waals surface area contributed by atoms with Crippen molar-refractivity contribution < 1.29 is 17.5 Å². The SMILES string of the molecule is CC1CN(S(=O)(=O)c2cc(N)ccc2F)CC(C)(C)O1. The quantitative estimate of drug-likeness (QED) is 0.842. The molecular formula is C13H19FN2O3S. The van der Waals surface area contributed by atoms with Gasteiger partial charge in [0.15, 0.2) is 0 Å². The van der Waals surface area contributed by atoms with Crippen molar-refractivity contribution in [1.82, 2.24) is 4.31 Å². The van der Waals surface area contributed by atoms with Crippen LogP contribution in [0, 0.1) is 5.82 Å². The van der Waals surface area contributed by atoms with Gasteiger partial charge in [0.2, 0.25) is 10.0 Å². The molecule has 20 heavy (non-hydrogen) atoms. The number of nitrogens with two attached hydrogens (primary N) is 1. The van der Waals surface area contributed by atoms with Gasteiger partial charge in [0.1, 0.15) is 10.7 Å². The molecule has 1 saturated heterocycles. The minimum atomic E-state index is -3.92. The summed E-state index contributed by atoms with van der Waals surface area (Å²) in [4.78, 5) is -0.387. The largest absolute Gasteiger partial charge is 0.399 e. The van der Waals surface area contributed by atoms with Crippen LogP contribution in [-0.2, 0) is 14.8 Å². The van der Waals surface area contributed by atoms with Gasteiger partial charge in [-0.3, -0.25) is 0 Å². The van der Waals surface area contributed by atoms with Crippen molar-refractivity contribution in [3.8, 4) is 0 Å². The van der Waals surface area contributed by atoms with Gasteiger partial charge in [-0.25, -0.2) is 12.8 Å². The normalized spacial score (nSPS) is 23.7. The Morgan fingerprint density at radius 3 is 2.70 bits per heavy atom. The minimum absolute atomic E-state index is 0.175. The highest BCUT2D eigenvalue weighted by Crippen LogP contribution is 2.28. The first-order valence-electron chi connectivity index (χ1n) is 6.35. The summed E-state index contributed by atoms with van der Waals surface area (Å²) < 4.78 is 45.9. The Balaban J connectivity index is 2.42. The van der Waals surface area contributed by atoms with Crippen LogP contribution in [0.4, 0.5) is 10.1 Å². The van der Waals surface area contributed by atoms with Gasteiger partial charge < -0.3 is 10.5 Å². The average Bonchev–Trinajstić information content (AvgIpc) is 2.29. The molecule has 2 N–H and O–H groups in total. The molecule has 0 spiro atoms. The Labute approximate surface area is 118 Å². The first-order chi connectivity index (χ1) is 9.12. The molecule has 1 atom stereocenters. The summed E-state index contributed by atoms with van der Waals surface area (Å²) in [5.74, 6) is -0.795. The summed E-state index contributed by atoms with van der Waals surface area (Å²) in [5.41, 5.74) is 5.16. The highest BCUT2D eigenvalue weighted by atomic mass is 32.2. The summed E-state index contributed by atoms with van der Waals surface area (Å²) >= 11 is 0. The van der Waals surface area contributed by atoms with E-state index in [4.69, 9.17) is 10.5 Å². The first-order valence-corrected chi connectivity index (χ1v) is 7.79. The minimum Gasteiger partial charge on any atom is -0.399 e. The van der Waals surface area contributed by atoms with E-state index >= 15 is 0 Å². The number of benzene rings is 1. The van der Waals surface area contributed by atoms with Gasteiger partial charge in [-0.1, -0.05) is 0 Å². The summed E-state index contributed by atoms with van der Waals surface area (Å²) in [6, 6.07) is 3.55. The van der Waals surface area contributed by atoms with E-state index in [9.17, 15) is 12.8 Å². The molecule has 112 valence electrons. The summed E-state index contributed by atoms with van der Waals surface area (Å²) in [6.45, 7) is 5.77. The Morgan fingerprint density at radius 2 is 2.10 bits per heavy atom. The molecule has 0 radical (unpaired) electrons. The molecule has 1 heterocycles. The summed E-state index contributed by atoms with van der Waals surface area (Å²) in [5, 5.41) is 0. The van der Waals surface area contributed by atoms with E-state index in [0.29, 0.717) is 0 Å². The van der Waals surface area contributed by atoms with Crippen molar-refractivity contribution in [3.05, 3.63) is 24.0 Å². The second-order valence-electron chi connectivity index (χ2n) is 5.68. The van der Waals surface area contributed by atoms with E-state index in [2.05, 4.69) is 0 Å². The van der Waals surface area contributed by atoms with Gasteiger partial charge in [0, 0.05) is 18.8 Å². The lowest BCUT2D eigenvalue weighted by Crippen LogP contribution is -2.53. The first kappa shape index (κ1) is 15.2. The van der Waals surface area contributed by atoms with E-state index in [1.807, 2.05) is 0 Å². The fraction of sp³-hybridized carbons (Fsp3) is 0.538. The fourth-order valence-electron chi connectivity index (χ4n) is 2.44. The van der Waals surface area contributed by atoms with Gasteiger partial charge in [0.25, 0.3) is 0 Å². The number of nitrogens with zero attached hydrogens (tertiary/aromatic N) is 1. The monoisotopic (exact) mass is 302 g/mol. The Kier molecular flexibility index (Phi) is 3.79. The third kappa shape index (κ3) is 2.94. The maximum atomic E-state index is 13.8. The van der Waals surface area contributed by atoms with E-state index in [1.165, 1.54) is 10.4 Å². The third-order valence-electron chi connectivity index (χ3n) is 3.11. The number of halogens is 1.